The van der Waals surface area contributed by atoms with Gasteiger partial charge in [0.2, 0.25) is 5.91 Å². The van der Waals surface area contributed by atoms with Gasteiger partial charge in [-0.3, -0.25) is 9.63 Å². The van der Waals surface area contributed by atoms with Crippen molar-refractivity contribution >= 4 is 18.3 Å². The zero-order chi connectivity index (χ0) is 8.97. The fraction of sp³-hybridized carbons (Fsp3) is 0.875. The summed E-state index contributed by atoms with van der Waals surface area (Å²) in [5.74, 6) is 0.246. The number of halogens is 1. The number of nitrogens with zero attached hydrogens (tertiary/aromatic N) is 1. The maximum absolute atomic E-state index is 11.5. The summed E-state index contributed by atoms with van der Waals surface area (Å²) in [4.78, 5) is 16.3. The SMILES string of the molecule is CON(C)C(=O)C1CCNCC1.Cl. The number of rotatable bonds is 2. The average Bonchev–Trinajstić information content (AvgIpc) is 2.17. The van der Waals surface area contributed by atoms with Crippen LogP contribution in [0.15, 0.2) is 0 Å². The van der Waals surface area contributed by atoms with E-state index in [1.165, 1.54) is 12.2 Å². The van der Waals surface area contributed by atoms with Gasteiger partial charge in [0.1, 0.15) is 0 Å². The summed E-state index contributed by atoms with van der Waals surface area (Å²) in [5.41, 5.74) is 0. The molecular formula is C8H17ClN2O2. The standard InChI is InChI=1S/C8H16N2O2.ClH/c1-10(12-2)8(11)7-3-5-9-6-4-7;/h7,9H,3-6H2,1-2H3;1H. The molecule has 1 fully saturated rings. The van der Waals surface area contributed by atoms with Crippen LogP contribution in [-0.2, 0) is 9.63 Å². The van der Waals surface area contributed by atoms with Crippen molar-refractivity contribution in [3.63, 3.8) is 0 Å². The minimum atomic E-state index is 0. The molecule has 0 atom stereocenters. The predicted molar refractivity (Wildman–Crippen MR) is 52.6 cm³/mol. The van der Waals surface area contributed by atoms with Crippen molar-refractivity contribution in [1.82, 2.24) is 10.4 Å². The molecule has 4 nitrogen and oxygen atoms in total. The van der Waals surface area contributed by atoms with E-state index in [0.29, 0.717) is 0 Å². The lowest BCUT2D eigenvalue weighted by Crippen LogP contribution is -2.38. The third kappa shape index (κ3) is 3.50. The van der Waals surface area contributed by atoms with Crippen LogP contribution in [0.4, 0.5) is 0 Å². The van der Waals surface area contributed by atoms with Crippen LogP contribution in [0.2, 0.25) is 0 Å². The van der Waals surface area contributed by atoms with Gasteiger partial charge in [-0.05, 0) is 25.9 Å². The largest absolute Gasteiger partial charge is 0.317 e. The fourth-order valence-corrected chi connectivity index (χ4v) is 1.42. The highest BCUT2D eigenvalue weighted by Crippen LogP contribution is 2.13. The van der Waals surface area contributed by atoms with Crippen molar-refractivity contribution in [3.8, 4) is 0 Å². The number of carbonyl (C=O) groups is 1. The molecule has 0 bridgehead atoms. The summed E-state index contributed by atoms with van der Waals surface area (Å²) in [7, 11) is 3.17. The number of hydroxylamine groups is 2. The number of carbonyl (C=O) groups excluding carboxylic acids is 1. The average molecular weight is 209 g/mol. The smallest absolute Gasteiger partial charge is 0.249 e. The monoisotopic (exact) mass is 208 g/mol. The molecule has 0 aromatic carbocycles. The van der Waals surface area contributed by atoms with Crippen LogP contribution in [0.1, 0.15) is 12.8 Å². The molecule has 1 rings (SSSR count). The Balaban J connectivity index is 0.00000144. The molecule has 1 N–H and O–H groups in total. The van der Waals surface area contributed by atoms with E-state index in [1.54, 1.807) is 7.05 Å². The molecule has 1 aliphatic heterocycles. The lowest BCUT2D eigenvalue weighted by atomic mass is 9.97. The first-order valence-electron chi connectivity index (χ1n) is 4.28. The molecule has 0 spiro atoms. The highest BCUT2D eigenvalue weighted by atomic mass is 35.5. The van der Waals surface area contributed by atoms with Crippen molar-refractivity contribution in [2.75, 3.05) is 27.2 Å². The molecule has 0 radical (unpaired) electrons. The molecular weight excluding hydrogens is 192 g/mol. The van der Waals surface area contributed by atoms with Gasteiger partial charge < -0.3 is 5.32 Å². The van der Waals surface area contributed by atoms with Crippen LogP contribution >= 0.6 is 12.4 Å². The Morgan fingerprint density at radius 3 is 2.46 bits per heavy atom. The Hall–Kier alpha value is -0.320. The topological polar surface area (TPSA) is 41.6 Å². The normalized spacial score (nSPS) is 17.7. The van der Waals surface area contributed by atoms with Gasteiger partial charge in [0.15, 0.2) is 0 Å². The predicted octanol–water partition coefficient (Wildman–Crippen LogP) is 0.428. The van der Waals surface area contributed by atoms with Gasteiger partial charge in [0.05, 0.1) is 7.11 Å². The third-order valence-corrected chi connectivity index (χ3v) is 2.27. The maximum atomic E-state index is 11.5. The fourth-order valence-electron chi connectivity index (χ4n) is 1.42. The van der Waals surface area contributed by atoms with Crippen LogP contribution in [0, 0.1) is 5.92 Å². The van der Waals surface area contributed by atoms with Crippen LogP contribution in [0.3, 0.4) is 0 Å². The minimum Gasteiger partial charge on any atom is -0.317 e. The molecule has 1 heterocycles. The van der Waals surface area contributed by atoms with Crippen LogP contribution < -0.4 is 5.32 Å². The number of hydrogen-bond donors (Lipinski definition) is 1. The molecule has 1 saturated heterocycles. The number of piperidine rings is 1. The van der Waals surface area contributed by atoms with Crippen molar-refractivity contribution < 1.29 is 9.63 Å². The summed E-state index contributed by atoms with van der Waals surface area (Å²) in [6.07, 6.45) is 1.85. The first-order valence-corrected chi connectivity index (χ1v) is 4.28. The van der Waals surface area contributed by atoms with Gasteiger partial charge in [0, 0.05) is 13.0 Å². The maximum Gasteiger partial charge on any atom is 0.249 e. The first kappa shape index (κ1) is 12.7. The lowest BCUT2D eigenvalue weighted by molar-refractivity contribution is -0.174. The highest BCUT2D eigenvalue weighted by molar-refractivity contribution is 5.85. The van der Waals surface area contributed by atoms with E-state index >= 15 is 0 Å². The van der Waals surface area contributed by atoms with Crippen LogP contribution in [0.25, 0.3) is 0 Å². The van der Waals surface area contributed by atoms with E-state index in [-0.39, 0.29) is 24.2 Å². The van der Waals surface area contributed by atoms with E-state index in [2.05, 4.69) is 5.32 Å². The van der Waals surface area contributed by atoms with E-state index in [9.17, 15) is 4.79 Å². The molecule has 0 aromatic heterocycles. The highest BCUT2D eigenvalue weighted by Gasteiger charge is 2.23. The molecule has 78 valence electrons. The van der Waals surface area contributed by atoms with Crippen molar-refractivity contribution in [1.29, 1.82) is 0 Å². The van der Waals surface area contributed by atoms with Crippen molar-refractivity contribution in [2.45, 2.75) is 12.8 Å². The minimum absolute atomic E-state index is 0. The van der Waals surface area contributed by atoms with Gasteiger partial charge in [-0.2, -0.15) is 0 Å². The van der Waals surface area contributed by atoms with Gasteiger partial charge in [-0.25, -0.2) is 5.06 Å². The summed E-state index contributed by atoms with van der Waals surface area (Å²) < 4.78 is 0. The van der Waals surface area contributed by atoms with Gasteiger partial charge in [-0.15, -0.1) is 12.4 Å². The first-order chi connectivity index (χ1) is 5.75. The Morgan fingerprint density at radius 1 is 1.46 bits per heavy atom. The second-order valence-corrected chi connectivity index (χ2v) is 3.04. The van der Waals surface area contributed by atoms with Crippen LogP contribution in [0.5, 0.6) is 0 Å². The third-order valence-electron chi connectivity index (χ3n) is 2.27. The molecule has 0 saturated carbocycles. The zero-order valence-corrected chi connectivity index (χ0v) is 8.89. The van der Waals surface area contributed by atoms with Gasteiger partial charge >= 0.3 is 0 Å². The molecule has 5 heteroatoms. The molecule has 0 unspecified atom stereocenters. The molecule has 0 aliphatic carbocycles. The van der Waals surface area contributed by atoms with Crippen LogP contribution in [-0.4, -0.2) is 38.2 Å². The number of nitrogens with one attached hydrogen (secondary N) is 1. The Kier molecular flexibility index (Phi) is 6.03. The summed E-state index contributed by atoms with van der Waals surface area (Å²) in [6.45, 7) is 1.88. The van der Waals surface area contributed by atoms with Gasteiger partial charge in [0.25, 0.3) is 0 Å². The van der Waals surface area contributed by atoms with Gasteiger partial charge in [-0.1, -0.05) is 0 Å². The Labute approximate surface area is 85.0 Å². The number of amides is 1. The van der Waals surface area contributed by atoms with Crippen molar-refractivity contribution in [3.05, 3.63) is 0 Å². The quantitative estimate of drug-likeness (QED) is 0.670. The summed E-state index contributed by atoms with van der Waals surface area (Å²) in [6, 6.07) is 0. The summed E-state index contributed by atoms with van der Waals surface area (Å²) in [5, 5.41) is 4.53. The Bertz CT molecular complexity index is 160. The van der Waals surface area contributed by atoms with E-state index < -0.39 is 0 Å². The number of hydrogen-bond acceptors (Lipinski definition) is 3. The van der Waals surface area contributed by atoms with E-state index in [0.717, 1.165) is 25.9 Å². The second kappa shape index (κ2) is 6.18. The van der Waals surface area contributed by atoms with E-state index in [4.69, 9.17) is 4.84 Å². The zero-order valence-electron chi connectivity index (χ0n) is 8.08. The Morgan fingerprint density at radius 2 is 2.00 bits per heavy atom. The summed E-state index contributed by atoms with van der Waals surface area (Å²) >= 11 is 0. The van der Waals surface area contributed by atoms with Crippen molar-refractivity contribution in [2.24, 2.45) is 5.92 Å². The van der Waals surface area contributed by atoms with E-state index in [1.807, 2.05) is 0 Å². The second-order valence-electron chi connectivity index (χ2n) is 3.04. The lowest BCUT2D eigenvalue weighted by Gasteiger charge is -2.25. The molecule has 1 amide bonds. The molecule has 13 heavy (non-hydrogen) atoms. The molecule has 0 aromatic rings. The molecule has 1 aliphatic rings.